The zero-order valence-electron chi connectivity index (χ0n) is 11.8. The van der Waals surface area contributed by atoms with E-state index < -0.39 is 0 Å². The molecule has 0 spiro atoms. The van der Waals surface area contributed by atoms with Crippen LogP contribution in [0.25, 0.3) is 0 Å². The Morgan fingerprint density at radius 3 is 2.76 bits per heavy atom. The van der Waals surface area contributed by atoms with E-state index in [0.717, 1.165) is 12.1 Å². The number of methoxy groups -OCH3 is 1. The largest absolute Gasteiger partial charge is 0.503 e. The van der Waals surface area contributed by atoms with Crippen LogP contribution in [0, 0.1) is 0 Å². The number of hydrogen-bond donors (Lipinski definition) is 2. The quantitative estimate of drug-likeness (QED) is 0.863. The van der Waals surface area contributed by atoms with Crippen LogP contribution in [-0.4, -0.2) is 18.3 Å². The second kappa shape index (κ2) is 6.08. The van der Waals surface area contributed by atoms with Gasteiger partial charge in [0.2, 0.25) is 0 Å². The summed E-state index contributed by atoms with van der Waals surface area (Å²) in [6.45, 7) is 0.767. The highest BCUT2D eigenvalue weighted by atomic mass is 79.9. The van der Waals surface area contributed by atoms with E-state index in [1.54, 1.807) is 7.11 Å². The van der Waals surface area contributed by atoms with Crippen molar-refractivity contribution in [3.05, 3.63) is 58.1 Å². The molecular formula is C17H18BrNO2. The molecule has 1 fully saturated rings. The molecule has 2 aromatic rings. The van der Waals surface area contributed by atoms with Gasteiger partial charge in [-0.15, -0.1) is 0 Å². The van der Waals surface area contributed by atoms with Gasteiger partial charge in [-0.1, -0.05) is 30.3 Å². The molecule has 1 aliphatic rings. The van der Waals surface area contributed by atoms with E-state index in [4.69, 9.17) is 4.74 Å². The summed E-state index contributed by atoms with van der Waals surface area (Å²) in [7, 11) is 1.56. The smallest absolute Gasteiger partial charge is 0.172 e. The maximum Gasteiger partial charge on any atom is 0.172 e. The van der Waals surface area contributed by atoms with Gasteiger partial charge in [0.25, 0.3) is 0 Å². The van der Waals surface area contributed by atoms with E-state index in [9.17, 15) is 5.11 Å². The third-order valence-electron chi connectivity index (χ3n) is 3.89. The van der Waals surface area contributed by atoms with Gasteiger partial charge in [-0.2, -0.15) is 0 Å². The second-order valence-corrected chi connectivity index (χ2v) is 6.22. The van der Waals surface area contributed by atoms with E-state index in [1.165, 1.54) is 12.0 Å². The van der Waals surface area contributed by atoms with Crippen LogP contribution in [0.4, 0.5) is 0 Å². The lowest BCUT2D eigenvalue weighted by molar-refractivity contribution is 0.371. The fraction of sp³-hybridized carbons (Fsp3) is 0.294. The zero-order valence-corrected chi connectivity index (χ0v) is 13.4. The monoisotopic (exact) mass is 347 g/mol. The molecule has 110 valence electrons. The molecule has 0 amide bonds. The third kappa shape index (κ3) is 3.22. The van der Waals surface area contributed by atoms with Crippen molar-refractivity contribution in [1.29, 1.82) is 0 Å². The Bertz CT molecular complexity index is 630. The first-order valence-electron chi connectivity index (χ1n) is 7.02. The minimum atomic E-state index is 0.148. The molecule has 1 aliphatic carbocycles. The Balaban J connectivity index is 1.61. The maximum absolute atomic E-state index is 9.81. The standard InChI is InChI=1S/C17H18BrNO2/c1-21-16-8-11(7-14(18)17(16)20)10-19-15-9-13(15)12-5-3-2-4-6-12/h2-8,13,15,19-20H,9-10H2,1H3. The number of halogens is 1. The van der Waals surface area contributed by atoms with Gasteiger partial charge in [0.05, 0.1) is 11.6 Å². The fourth-order valence-corrected chi connectivity index (χ4v) is 3.11. The second-order valence-electron chi connectivity index (χ2n) is 5.37. The van der Waals surface area contributed by atoms with Crippen LogP contribution in [0.15, 0.2) is 46.9 Å². The Kier molecular flexibility index (Phi) is 4.17. The first kappa shape index (κ1) is 14.4. The Hall–Kier alpha value is -1.52. The lowest BCUT2D eigenvalue weighted by atomic mass is 10.1. The Labute approximate surface area is 133 Å². The summed E-state index contributed by atoms with van der Waals surface area (Å²) in [6, 6.07) is 14.9. The summed E-state index contributed by atoms with van der Waals surface area (Å²) < 4.78 is 5.83. The Morgan fingerprint density at radius 2 is 2.05 bits per heavy atom. The van der Waals surface area contributed by atoms with Crippen LogP contribution >= 0.6 is 15.9 Å². The highest BCUT2D eigenvalue weighted by Gasteiger charge is 2.37. The molecule has 0 saturated heterocycles. The first-order chi connectivity index (χ1) is 10.2. The van der Waals surface area contributed by atoms with Gasteiger partial charge in [0, 0.05) is 18.5 Å². The van der Waals surface area contributed by atoms with Crippen LogP contribution in [-0.2, 0) is 6.54 Å². The average molecular weight is 348 g/mol. The molecule has 0 aliphatic heterocycles. The molecule has 0 radical (unpaired) electrons. The SMILES string of the molecule is COc1cc(CNC2CC2c2ccccc2)cc(Br)c1O. The predicted octanol–water partition coefficient (Wildman–Crippen LogP) is 3.81. The molecule has 4 heteroatoms. The molecule has 1 saturated carbocycles. The normalized spacial score (nSPS) is 20.3. The van der Waals surface area contributed by atoms with Crippen LogP contribution in [0.3, 0.4) is 0 Å². The summed E-state index contributed by atoms with van der Waals surface area (Å²) in [5.41, 5.74) is 2.50. The van der Waals surface area contributed by atoms with Crippen LogP contribution in [0.5, 0.6) is 11.5 Å². The fourth-order valence-electron chi connectivity index (χ4n) is 2.62. The number of aromatic hydroxyl groups is 1. The van der Waals surface area contributed by atoms with Crippen LogP contribution in [0.2, 0.25) is 0 Å². The summed E-state index contributed by atoms with van der Waals surface area (Å²) in [4.78, 5) is 0. The number of phenolic OH excluding ortho intramolecular Hbond substituents is 1. The summed E-state index contributed by atoms with van der Waals surface area (Å²) in [5.74, 6) is 1.26. The van der Waals surface area contributed by atoms with Crippen LogP contribution < -0.4 is 10.1 Å². The van der Waals surface area contributed by atoms with E-state index in [2.05, 4.69) is 51.6 Å². The number of rotatable bonds is 5. The van der Waals surface area contributed by atoms with Crippen molar-refractivity contribution in [1.82, 2.24) is 5.32 Å². The van der Waals surface area contributed by atoms with Crippen molar-refractivity contribution in [3.8, 4) is 11.5 Å². The minimum Gasteiger partial charge on any atom is -0.503 e. The highest BCUT2D eigenvalue weighted by molar-refractivity contribution is 9.10. The summed E-state index contributed by atoms with van der Waals surface area (Å²) >= 11 is 3.35. The van der Waals surface area contributed by atoms with Crippen molar-refractivity contribution in [2.75, 3.05) is 7.11 Å². The highest BCUT2D eigenvalue weighted by Crippen LogP contribution is 2.41. The van der Waals surface area contributed by atoms with Crippen molar-refractivity contribution >= 4 is 15.9 Å². The molecule has 2 N–H and O–H groups in total. The van der Waals surface area contributed by atoms with Crippen molar-refractivity contribution in [3.63, 3.8) is 0 Å². The van der Waals surface area contributed by atoms with E-state index in [-0.39, 0.29) is 5.75 Å². The number of hydrogen-bond acceptors (Lipinski definition) is 3. The molecule has 0 bridgehead atoms. The van der Waals surface area contributed by atoms with Gasteiger partial charge in [-0.3, -0.25) is 0 Å². The number of benzene rings is 2. The van der Waals surface area contributed by atoms with Crippen LogP contribution in [0.1, 0.15) is 23.5 Å². The van der Waals surface area contributed by atoms with Gasteiger partial charge in [-0.25, -0.2) is 0 Å². The number of nitrogens with one attached hydrogen (secondary N) is 1. The van der Waals surface area contributed by atoms with E-state index in [0.29, 0.717) is 22.2 Å². The lowest BCUT2D eigenvalue weighted by Crippen LogP contribution is -2.17. The van der Waals surface area contributed by atoms with Crippen molar-refractivity contribution < 1.29 is 9.84 Å². The van der Waals surface area contributed by atoms with Gasteiger partial charge in [-0.05, 0) is 45.6 Å². The molecule has 2 unspecified atom stereocenters. The lowest BCUT2D eigenvalue weighted by Gasteiger charge is -2.10. The molecule has 21 heavy (non-hydrogen) atoms. The minimum absolute atomic E-state index is 0.148. The van der Waals surface area contributed by atoms with Crippen molar-refractivity contribution in [2.45, 2.75) is 24.9 Å². The summed E-state index contributed by atoms with van der Waals surface area (Å²) in [6.07, 6.45) is 1.18. The van der Waals surface area contributed by atoms with Gasteiger partial charge >= 0.3 is 0 Å². The molecule has 2 aromatic carbocycles. The van der Waals surface area contributed by atoms with E-state index in [1.807, 2.05) is 12.1 Å². The average Bonchev–Trinajstić information content (AvgIpc) is 3.29. The maximum atomic E-state index is 9.81. The summed E-state index contributed by atoms with van der Waals surface area (Å²) in [5, 5.41) is 13.4. The van der Waals surface area contributed by atoms with Gasteiger partial charge in [0.15, 0.2) is 11.5 Å². The topological polar surface area (TPSA) is 41.5 Å². The zero-order chi connectivity index (χ0) is 14.8. The number of ether oxygens (including phenoxy) is 1. The molecule has 3 rings (SSSR count). The van der Waals surface area contributed by atoms with E-state index >= 15 is 0 Å². The number of phenols is 1. The third-order valence-corrected chi connectivity index (χ3v) is 4.50. The Morgan fingerprint density at radius 1 is 1.29 bits per heavy atom. The predicted molar refractivity (Wildman–Crippen MR) is 86.8 cm³/mol. The van der Waals surface area contributed by atoms with Crippen molar-refractivity contribution in [2.24, 2.45) is 0 Å². The van der Waals surface area contributed by atoms with Gasteiger partial charge < -0.3 is 15.2 Å². The molecule has 3 nitrogen and oxygen atoms in total. The first-order valence-corrected chi connectivity index (χ1v) is 7.82. The van der Waals surface area contributed by atoms with Gasteiger partial charge in [0.1, 0.15) is 0 Å². The molecule has 0 heterocycles. The molecule has 0 aromatic heterocycles. The molecular weight excluding hydrogens is 330 g/mol. The molecule has 2 atom stereocenters.